The van der Waals surface area contributed by atoms with Crippen LogP contribution in [0.15, 0.2) is 67.0 Å². The van der Waals surface area contributed by atoms with Crippen LogP contribution in [0.1, 0.15) is 20.7 Å². The number of hydrogen-bond acceptors (Lipinski definition) is 4. The molecule has 0 aliphatic heterocycles. The number of nitrogens with zero attached hydrogens (tertiary/aromatic N) is 2. The number of carboxylic acids is 1. The number of aromatic carboxylic acids is 1. The number of fused-ring (bicyclic) bond motifs is 1. The van der Waals surface area contributed by atoms with Crippen molar-refractivity contribution in [1.29, 1.82) is 0 Å². The second-order valence-corrected chi connectivity index (χ2v) is 5.87. The molecule has 0 aliphatic carbocycles. The average molecular weight is 358 g/mol. The first-order valence-electron chi connectivity index (χ1n) is 8.15. The number of carbonyl (C=O) groups excluding carboxylic acids is 1. The number of nitrogens with one attached hydrogen (secondary N) is 2. The number of anilines is 1. The van der Waals surface area contributed by atoms with Crippen LogP contribution in [-0.2, 0) is 0 Å². The number of aromatic amines is 1. The molecule has 0 radical (unpaired) electrons. The molecule has 2 aromatic carbocycles. The number of hydrogen-bond donors (Lipinski definition) is 3. The first kappa shape index (κ1) is 16.5. The predicted molar refractivity (Wildman–Crippen MR) is 101 cm³/mol. The van der Waals surface area contributed by atoms with Gasteiger partial charge in [-0.3, -0.25) is 15.1 Å². The van der Waals surface area contributed by atoms with Crippen LogP contribution in [0.2, 0.25) is 0 Å². The molecular weight excluding hydrogens is 344 g/mol. The molecule has 2 heterocycles. The maximum atomic E-state index is 12.5. The maximum absolute atomic E-state index is 12.5. The maximum Gasteiger partial charge on any atom is 0.337 e. The lowest BCUT2D eigenvalue weighted by atomic mass is 10.1. The lowest BCUT2D eigenvalue weighted by molar-refractivity contribution is 0.0698. The molecule has 7 nitrogen and oxygen atoms in total. The summed E-state index contributed by atoms with van der Waals surface area (Å²) in [5.41, 5.74) is 3.29. The number of benzene rings is 2. The Hall–Kier alpha value is -4.00. The molecule has 1 amide bonds. The lowest BCUT2D eigenvalue weighted by Gasteiger charge is -2.04. The minimum absolute atomic E-state index is 0.0741. The fourth-order valence-corrected chi connectivity index (χ4v) is 2.79. The normalized spacial score (nSPS) is 10.7. The van der Waals surface area contributed by atoms with Crippen LogP contribution in [0, 0.1) is 0 Å². The Morgan fingerprint density at radius 1 is 0.963 bits per heavy atom. The SMILES string of the molecule is O=C(Nc1nc2c(C(=O)O)cccc2[nH]1)c1ccc(-c2cccnc2)cc1. The number of amides is 1. The quantitative estimate of drug-likeness (QED) is 0.517. The van der Waals surface area contributed by atoms with Crippen LogP contribution >= 0.6 is 0 Å². The Bertz CT molecular complexity index is 1140. The number of rotatable bonds is 4. The molecule has 0 bridgehead atoms. The highest BCUT2D eigenvalue weighted by Crippen LogP contribution is 2.21. The third kappa shape index (κ3) is 3.25. The van der Waals surface area contributed by atoms with E-state index in [-0.39, 0.29) is 17.4 Å². The Labute approximate surface area is 153 Å². The molecular formula is C20H14N4O3. The summed E-state index contributed by atoms with van der Waals surface area (Å²) < 4.78 is 0. The average Bonchev–Trinajstić information content (AvgIpc) is 3.11. The van der Waals surface area contributed by atoms with Crippen LogP contribution in [0.3, 0.4) is 0 Å². The van der Waals surface area contributed by atoms with Gasteiger partial charge in [0.1, 0.15) is 5.52 Å². The summed E-state index contributed by atoms with van der Waals surface area (Å²) in [6, 6.07) is 15.7. The van der Waals surface area contributed by atoms with Gasteiger partial charge in [-0.2, -0.15) is 0 Å². The third-order valence-corrected chi connectivity index (χ3v) is 4.12. The van der Waals surface area contributed by atoms with Crippen molar-refractivity contribution in [3.05, 3.63) is 78.1 Å². The van der Waals surface area contributed by atoms with Crippen molar-refractivity contribution >= 4 is 28.9 Å². The summed E-state index contributed by atoms with van der Waals surface area (Å²) in [5.74, 6) is -1.22. The van der Waals surface area contributed by atoms with Gasteiger partial charge >= 0.3 is 5.97 Å². The van der Waals surface area contributed by atoms with Gasteiger partial charge in [-0.05, 0) is 41.5 Å². The lowest BCUT2D eigenvalue weighted by Crippen LogP contribution is -2.12. The second-order valence-electron chi connectivity index (χ2n) is 5.87. The molecule has 0 unspecified atom stereocenters. The van der Waals surface area contributed by atoms with Crippen molar-refractivity contribution < 1.29 is 14.7 Å². The van der Waals surface area contributed by atoms with E-state index in [1.54, 1.807) is 36.7 Å². The minimum atomic E-state index is -1.07. The highest BCUT2D eigenvalue weighted by molar-refractivity contribution is 6.05. The van der Waals surface area contributed by atoms with Crippen molar-refractivity contribution in [2.75, 3.05) is 5.32 Å². The summed E-state index contributed by atoms with van der Waals surface area (Å²) in [5, 5.41) is 11.9. The van der Waals surface area contributed by atoms with Gasteiger partial charge in [-0.15, -0.1) is 0 Å². The summed E-state index contributed by atoms with van der Waals surface area (Å²) in [7, 11) is 0. The van der Waals surface area contributed by atoms with E-state index in [9.17, 15) is 14.7 Å². The van der Waals surface area contributed by atoms with E-state index < -0.39 is 5.97 Å². The van der Waals surface area contributed by atoms with Crippen molar-refractivity contribution in [3.8, 4) is 11.1 Å². The van der Waals surface area contributed by atoms with Gasteiger partial charge in [-0.1, -0.05) is 24.3 Å². The molecule has 132 valence electrons. The number of carbonyl (C=O) groups is 2. The zero-order chi connectivity index (χ0) is 18.8. The van der Waals surface area contributed by atoms with E-state index in [1.165, 1.54) is 6.07 Å². The van der Waals surface area contributed by atoms with E-state index in [1.807, 2.05) is 24.3 Å². The topological polar surface area (TPSA) is 108 Å². The van der Waals surface area contributed by atoms with Crippen molar-refractivity contribution in [1.82, 2.24) is 15.0 Å². The van der Waals surface area contributed by atoms with E-state index in [4.69, 9.17) is 0 Å². The summed E-state index contributed by atoms with van der Waals surface area (Å²) in [6.45, 7) is 0. The van der Waals surface area contributed by atoms with E-state index >= 15 is 0 Å². The molecule has 0 spiro atoms. The zero-order valence-corrected chi connectivity index (χ0v) is 14.0. The number of para-hydroxylation sites is 1. The largest absolute Gasteiger partial charge is 0.478 e. The van der Waals surface area contributed by atoms with Crippen LogP contribution in [0.4, 0.5) is 5.95 Å². The molecule has 0 saturated heterocycles. The van der Waals surface area contributed by atoms with Crippen LogP contribution in [0.5, 0.6) is 0 Å². The molecule has 0 fully saturated rings. The minimum Gasteiger partial charge on any atom is -0.478 e. The monoisotopic (exact) mass is 358 g/mol. The number of carboxylic acid groups (broad SMARTS) is 1. The highest BCUT2D eigenvalue weighted by Gasteiger charge is 2.14. The fraction of sp³-hybridized carbons (Fsp3) is 0. The van der Waals surface area contributed by atoms with Crippen molar-refractivity contribution in [3.63, 3.8) is 0 Å². The van der Waals surface area contributed by atoms with Crippen LogP contribution < -0.4 is 5.32 Å². The van der Waals surface area contributed by atoms with Crippen molar-refractivity contribution in [2.45, 2.75) is 0 Å². The Morgan fingerprint density at radius 3 is 2.48 bits per heavy atom. The zero-order valence-electron chi connectivity index (χ0n) is 14.0. The number of pyridine rings is 1. The van der Waals surface area contributed by atoms with E-state index in [0.29, 0.717) is 16.6 Å². The summed E-state index contributed by atoms with van der Waals surface area (Å²) >= 11 is 0. The number of H-pyrrole nitrogens is 1. The summed E-state index contributed by atoms with van der Waals surface area (Å²) in [6.07, 6.45) is 3.46. The second kappa shape index (κ2) is 6.72. The van der Waals surface area contributed by atoms with E-state index in [2.05, 4.69) is 20.3 Å². The standard InChI is InChI=1S/C20H14N4O3/c25-18(13-8-6-12(7-9-13)14-3-2-10-21-11-14)24-20-22-16-5-1-4-15(19(26)27)17(16)23-20/h1-11H,(H,26,27)(H2,22,23,24,25). The van der Waals surface area contributed by atoms with Gasteiger partial charge in [0, 0.05) is 18.0 Å². The first-order valence-corrected chi connectivity index (χ1v) is 8.15. The summed E-state index contributed by atoms with van der Waals surface area (Å²) in [4.78, 5) is 34.9. The highest BCUT2D eigenvalue weighted by atomic mass is 16.4. The molecule has 2 aromatic heterocycles. The van der Waals surface area contributed by atoms with E-state index in [0.717, 1.165) is 11.1 Å². The van der Waals surface area contributed by atoms with Crippen LogP contribution in [-0.4, -0.2) is 31.9 Å². The molecule has 0 aliphatic rings. The molecule has 4 aromatic rings. The fourth-order valence-electron chi connectivity index (χ4n) is 2.79. The molecule has 7 heteroatoms. The van der Waals surface area contributed by atoms with Gasteiger partial charge in [0.05, 0.1) is 11.1 Å². The Kier molecular flexibility index (Phi) is 4.10. The van der Waals surface area contributed by atoms with Gasteiger partial charge in [0.25, 0.3) is 5.91 Å². The molecule has 0 saturated carbocycles. The molecule has 27 heavy (non-hydrogen) atoms. The van der Waals surface area contributed by atoms with Crippen molar-refractivity contribution in [2.24, 2.45) is 0 Å². The Balaban J connectivity index is 1.56. The predicted octanol–water partition coefficient (Wildman–Crippen LogP) is 3.58. The number of aromatic nitrogens is 3. The molecule has 3 N–H and O–H groups in total. The van der Waals surface area contributed by atoms with Gasteiger partial charge in [0.2, 0.25) is 5.95 Å². The number of imidazole rings is 1. The van der Waals surface area contributed by atoms with Gasteiger partial charge in [0.15, 0.2) is 0 Å². The van der Waals surface area contributed by atoms with Gasteiger partial charge < -0.3 is 10.1 Å². The first-order chi connectivity index (χ1) is 13.1. The Morgan fingerprint density at radius 2 is 1.78 bits per heavy atom. The van der Waals surface area contributed by atoms with Gasteiger partial charge in [-0.25, -0.2) is 9.78 Å². The third-order valence-electron chi connectivity index (χ3n) is 4.12. The van der Waals surface area contributed by atoms with Crippen LogP contribution in [0.25, 0.3) is 22.2 Å². The molecule has 4 rings (SSSR count). The molecule has 0 atom stereocenters. The smallest absolute Gasteiger partial charge is 0.337 e.